The Labute approximate surface area is 151 Å². The molecule has 1 aromatic carbocycles. The Morgan fingerprint density at radius 2 is 1.69 bits per heavy atom. The highest BCUT2D eigenvalue weighted by Gasteiger charge is 2.24. The molecule has 8 nitrogen and oxygen atoms in total. The largest absolute Gasteiger partial charge is 0.338 e. The number of aromatic nitrogens is 4. The first kappa shape index (κ1) is 16.2. The van der Waals surface area contributed by atoms with Gasteiger partial charge in [0.25, 0.3) is 0 Å². The summed E-state index contributed by atoms with van der Waals surface area (Å²) >= 11 is 0. The maximum absolute atomic E-state index is 11.7. The molecule has 1 N–H and O–H groups in total. The summed E-state index contributed by atoms with van der Waals surface area (Å²) in [6.45, 7) is 2.87. The van der Waals surface area contributed by atoms with E-state index in [9.17, 15) is 4.79 Å². The van der Waals surface area contributed by atoms with Crippen molar-refractivity contribution in [2.75, 3.05) is 36.1 Å². The maximum atomic E-state index is 11.7. The van der Waals surface area contributed by atoms with Crippen molar-refractivity contribution >= 4 is 18.2 Å². The molecule has 0 bridgehead atoms. The molecule has 4 rings (SSSR count). The fourth-order valence-electron chi connectivity index (χ4n) is 3.01. The van der Waals surface area contributed by atoms with Crippen LogP contribution in [0, 0.1) is 0 Å². The Hall–Kier alpha value is -3.26. The van der Waals surface area contributed by atoms with Crippen LogP contribution in [-0.2, 0) is 4.79 Å². The number of nitrogens with one attached hydrogen (secondary N) is 1. The maximum Gasteiger partial charge on any atom is 0.230 e. The quantitative estimate of drug-likeness (QED) is 0.704. The third-order valence-corrected chi connectivity index (χ3v) is 4.35. The van der Waals surface area contributed by atoms with Crippen molar-refractivity contribution in [3.8, 4) is 11.4 Å². The van der Waals surface area contributed by atoms with Crippen molar-refractivity contribution < 1.29 is 4.79 Å². The van der Waals surface area contributed by atoms with Gasteiger partial charge in [-0.05, 0) is 6.07 Å². The Morgan fingerprint density at radius 1 is 0.962 bits per heavy atom. The molecule has 0 spiro atoms. The van der Waals surface area contributed by atoms with Crippen LogP contribution in [0.4, 0.5) is 11.8 Å². The van der Waals surface area contributed by atoms with Gasteiger partial charge < -0.3 is 9.88 Å². The third kappa shape index (κ3) is 3.27. The van der Waals surface area contributed by atoms with E-state index in [-0.39, 0.29) is 0 Å². The average Bonchev–Trinajstić information content (AvgIpc) is 3.20. The minimum absolute atomic E-state index is 0.656. The average molecular weight is 349 g/mol. The van der Waals surface area contributed by atoms with Crippen LogP contribution in [0.2, 0.25) is 0 Å². The summed E-state index contributed by atoms with van der Waals surface area (Å²) in [7, 11) is 0. The smallest absolute Gasteiger partial charge is 0.230 e. The van der Waals surface area contributed by atoms with Crippen LogP contribution in [0.5, 0.6) is 0 Å². The standard InChI is InChI=1S/C18H19N7O/c26-14-25(16-13-21-17(22-16)15-5-2-1-3-6-15)24-11-9-23(10-12-24)18-19-7-4-8-20-18/h1-8,13-14H,9-12H2,(H,21,22). The van der Waals surface area contributed by atoms with Crippen LogP contribution in [0.1, 0.15) is 0 Å². The molecule has 3 aromatic rings. The number of rotatable bonds is 5. The lowest BCUT2D eigenvalue weighted by Gasteiger charge is -2.38. The minimum atomic E-state index is 0.656. The molecule has 0 aliphatic carbocycles. The summed E-state index contributed by atoms with van der Waals surface area (Å²) in [5, 5.41) is 3.58. The molecule has 1 amide bonds. The highest BCUT2D eigenvalue weighted by atomic mass is 16.1. The number of hydrogen-bond acceptors (Lipinski definition) is 6. The number of benzene rings is 1. The second-order valence-electron chi connectivity index (χ2n) is 5.92. The SMILES string of the molecule is O=CN(c1cnc(-c2ccccc2)[nH]1)N1CCN(c2ncccn2)CC1. The lowest BCUT2D eigenvalue weighted by molar-refractivity contribution is -0.110. The molecule has 1 aliphatic heterocycles. The molecule has 0 atom stereocenters. The van der Waals surface area contributed by atoms with Gasteiger partial charge in [0.15, 0.2) is 0 Å². The summed E-state index contributed by atoms with van der Waals surface area (Å²) in [5.41, 5.74) is 0.982. The molecular formula is C18H19N7O. The first-order valence-corrected chi connectivity index (χ1v) is 8.47. The van der Waals surface area contributed by atoms with Crippen LogP contribution in [0.3, 0.4) is 0 Å². The summed E-state index contributed by atoms with van der Waals surface area (Å²) in [6.07, 6.45) is 5.98. The van der Waals surface area contributed by atoms with Gasteiger partial charge in [-0.1, -0.05) is 30.3 Å². The Kier molecular flexibility index (Phi) is 4.57. The number of anilines is 2. The minimum Gasteiger partial charge on any atom is -0.338 e. The van der Waals surface area contributed by atoms with E-state index in [0.29, 0.717) is 18.9 Å². The Balaban J connectivity index is 1.45. The van der Waals surface area contributed by atoms with Crippen LogP contribution < -0.4 is 9.91 Å². The lowest BCUT2D eigenvalue weighted by atomic mass is 10.2. The number of carbonyl (C=O) groups excluding carboxylic acids is 1. The summed E-state index contributed by atoms with van der Waals surface area (Å²) in [4.78, 5) is 30.0. The number of piperazine rings is 1. The fraction of sp³-hybridized carbons (Fsp3) is 0.222. The van der Waals surface area contributed by atoms with E-state index in [4.69, 9.17) is 0 Å². The monoisotopic (exact) mass is 349 g/mol. The van der Waals surface area contributed by atoms with Crippen molar-refractivity contribution in [1.29, 1.82) is 0 Å². The van der Waals surface area contributed by atoms with E-state index in [1.807, 2.05) is 35.3 Å². The molecule has 8 heteroatoms. The van der Waals surface area contributed by atoms with E-state index < -0.39 is 0 Å². The van der Waals surface area contributed by atoms with Crippen LogP contribution in [-0.4, -0.2) is 57.5 Å². The molecule has 0 unspecified atom stereocenters. The number of hydrazine groups is 1. The highest BCUT2D eigenvalue weighted by molar-refractivity contribution is 5.72. The summed E-state index contributed by atoms with van der Waals surface area (Å²) in [5.74, 6) is 2.12. The molecule has 2 aromatic heterocycles. The van der Waals surface area contributed by atoms with Crippen molar-refractivity contribution in [2.45, 2.75) is 0 Å². The Morgan fingerprint density at radius 3 is 2.38 bits per heavy atom. The fourth-order valence-corrected chi connectivity index (χ4v) is 3.01. The zero-order valence-corrected chi connectivity index (χ0v) is 14.2. The number of hydrogen-bond donors (Lipinski definition) is 1. The molecule has 26 heavy (non-hydrogen) atoms. The van der Waals surface area contributed by atoms with Gasteiger partial charge in [-0.2, -0.15) is 0 Å². The van der Waals surface area contributed by atoms with Gasteiger partial charge in [-0.25, -0.2) is 25.0 Å². The van der Waals surface area contributed by atoms with E-state index in [0.717, 1.165) is 36.8 Å². The van der Waals surface area contributed by atoms with Crippen LogP contribution >= 0.6 is 0 Å². The number of nitrogens with zero attached hydrogens (tertiary/aromatic N) is 6. The summed E-state index contributed by atoms with van der Waals surface area (Å²) < 4.78 is 0. The molecule has 1 aliphatic rings. The van der Waals surface area contributed by atoms with Crippen molar-refractivity contribution in [3.05, 3.63) is 55.0 Å². The van der Waals surface area contributed by atoms with E-state index >= 15 is 0 Å². The van der Waals surface area contributed by atoms with E-state index in [1.165, 1.54) is 0 Å². The van der Waals surface area contributed by atoms with Gasteiger partial charge in [0.1, 0.15) is 11.6 Å². The van der Waals surface area contributed by atoms with Crippen LogP contribution in [0.15, 0.2) is 55.0 Å². The molecule has 1 fully saturated rings. The van der Waals surface area contributed by atoms with Crippen molar-refractivity contribution in [1.82, 2.24) is 24.9 Å². The zero-order valence-electron chi connectivity index (χ0n) is 14.2. The predicted molar refractivity (Wildman–Crippen MR) is 98.4 cm³/mol. The van der Waals surface area contributed by atoms with Gasteiger partial charge in [0.05, 0.1) is 6.20 Å². The van der Waals surface area contributed by atoms with Gasteiger partial charge >= 0.3 is 0 Å². The molecule has 0 saturated carbocycles. The molecule has 132 valence electrons. The van der Waals surface area contributed by atoms with Gasteiger partial charge in [0.2, 0.25) is 12.4 Å². The van der Waals surface area contributed by atoms with Crippen LogP contribution in [0.25, 0.3) is 11.4 Å². The van der Waals surface area contributed by atoms with E-state index in [1.54, 1.807) is 29.7 Å². The Bertz CT molecular complexity index is 844. The number of amides is 1. The molecule has 1 saturated heterocycles. The highest BCUT2D eigenvalue weighted by Crippen LogP contribution is 2.21. The predicted octanol–water partition coefficient (Wildman–Crippen LogP) is 1.57. The van der Waals surface area contributed by atoms with Crippen molar-refractivity contribution in [3.63, 3.8) is 0 Å². The van der Waals surface area contributed by atoms with Gasteiger partial charge in [-0.15, -0.1) is 0 Å². The van der Waals surface area contributed by atoms with E-state index in [2.05, 4.69) is 24.8 Å². The summed E-state index contributed by atoms with van der Waals surface area (Å²) in [6, 6.07) is 11.6. The first-order valence-electron chi connectivity index (χ1n) is 8.47. The van der Waals surface area contributed by atoms with Gasteiger partial charge in [0, 0.05) is 44.1 Å². The van der Waals surface area contributed by atoms with Gasteiger partial charge in [-0.3, -0.25) is 4.79 Å². The number of carbonyl (C=O) groups is 1. The third-order valence-electron chi connectivity index (χ3n) is 4.35. The molecular weight excluding hydrogens is 330 g/mol. The number of aromatic amines is 1. The second-order valence-corrected chi connectivity index (χ2v) is 5.92. The lowest BCUT2D eigenvalue weighted by Crippen LogP contribution is -2.54. The zero-order chi connectivity index (χ0) is 17.8. The molecule has 3 heterocycles. The topological polar surface area (TPSA) is 81.3 Å². The first-order chi connectivity index (χ1) is 12.8. The normalized spacial score (nSPS) is 15.0. The number of H-pyrrole nitrogens is 1. The second kappa shape index (κ2) is 7.32. The number of imidazole rings is 1. The molecule has 0 radical (unpaired) electrons. The van der Waals surface area contributed by atoms with Crippen molar-refractivity contribution in [2.24, 2.45) is 0 Å².